The second-order valence-electron chi connectivity index (χ2n) is 10.9. The molecule has 0 aliphatic carbocycles. The summed E-state index contributed by atoms with van der Waals surface area (Å²) in [5.41, 5.74) is 3.59. The van der Waals surface area contributed by atoms with Gasteiger partial charge in [0, 0.05) is 30.8 Å². The number of fused-ring (bicyclic) bond motifs is 1. The van der Waals surface area contributed by atoms with Gasteiger partial charge in [-0.05, 0) is 84.5 Å². The van der Waals surface area contributed by atoms with E-state index in [4.69, 9.17) is 9.47 Å². The summed E-state index contributed by atoms with van der Waals surface area (Å²) in [4.78, 5) is 26.1. The molecule has 0 radical (unpaired) electrons. The highest BCUT2D eigenvalue weighted by atomic mass is 19.1. The molecule has 3 N–H and O–H groups in total. The van der Waals surface area contributed by atoms with Crippen LogP contribution in [0, 0.1) is 11.7 Å². The van der Waals surface area contributed by atoms with Crippen molar-refractivity contribution in [2.75, 3.05) is 26.7 Å². The lowest BCUT2D eigenvalue weighted by molar-refractivity contribution is -0.123. The van der Waals surface area contributed by atoms with Gasteiger partial charge in [-0.3, -0.25) is 9.59 Å². The number of carbonyl (C=O) groups excluding carboxylic acids is 2. The van der Waals surface area contributed by atoms with Crippen molar-refractivity contribution in [3.8, 4) is 22.6 Å². The quantitative estimate of drug-likeness (QED) is 0.353. The van der Waals surface area contributed by atoms with Gasteiger partial charge in [-0.1, -0.05) is 32.0 Å². The number of amides is 2. The van der Waals surface area contributed by atoms with Crippen molar-refractivity contribution in [2.24, 2.45) is 5.92 Å². The molecule has 3 aromatic rings. The van der Waals surface area contributed by atoms with Crippen LogP contribution in [0.15, 0.2) is 60.7 Å². The second kappa shape index (κ2) is 12.1. The lowest BCUT2D eigenvalue weighted by Crippen LogP contribution is -2.29. The molecule has 5 rings (SSSR count). The van der Waals surface area contributed by atoms with Gasteiger partial charge in [-0.15, -0.1) is 0 Å². The normalized spacial score (nSPS) is 19.7. The van der Waals surface area contributed by atoms with Gasteiger partial charge in [0.05, 0.1) is 0 Å². The van der Waals surface area contributed by atoms with Crippen LogP contribution in [-0.4, -0.2) is 44.6 Å². The van der Waals surface area contributed by atoms with E-state index in [9.17, 15) is 14.0 Å². The molecule has 0 spiro atoms. The van der Waals surface area contributed by atoms with E-state index in [0.717, 1.165) is 36.1 Å². The molecule has 2 aliphatic heterocycles. The Hall–Kier alpha value is -3.91. The Kier molecular flexibility index (Phi) is 8.35. The van der Waals surface area contributed by atoms with Crippen molar-refractivity contribution in [2.45, 2.75) is 44.8 Å². The molecule has 2 unspecified atom stereocenters. The summed E-state index contributed by atoms with van der Waals surface area (Å²) in [6, 6.07) is 17.6. The van der Waals surface area contributed by atoms with Gasteiger partial charge in [0.2, 0.25) is 5.91 Å². The molecular formula is C32H36FN3O4. The molecule has 1 saturated heterocycles. The summed E-state index contributed by atoms with van der Waals surface area (Å²) >= 11 is 0. The third kappa shape index (κ3) is 6.12. The minimum Gasteiger partial charge on any atom is -0.492 e. The van der Waals surface area contributed by atoms with Crippen LogP contribution in [0.2, 0.25) is 0 Å². The Labute approximate surface area is 234 Å². The maximum absolute atomic E-state index is 13.6. The molecule has 2 heterocycles. The highest BCUT2D eigenvalue weighted by molar-refractivity contribution is 5.96. The zero-order valence-corrected chi connectivity index (χ0v) is 23.1. The van der Waals surface area contributed by atoms with Gasteiger partial charge in [-0.2, -0.15) is 0 Å². The summed E-state index contributed by atoms with van der Waals surface area (Å²) in [5, 5.41) is 9.18. The Morgan fingerprint density at radius 1 is 1.07 bits per heavy atom. The van der Waals surface area contributed by atoms with Gasteiger partial charge in [0.15, 0.2) is 0 Å². The molecule has 3 atom stereocenters. The van der Waals surface area contributed by atoms with E-state index in [0.29, 0.717) is 41.7 Å². The summed E-state index contributed by atoms with van der Waals surface area (Å²) in [6.07, 6.45) is 1.60. The topological polar surface area (TPSA) is 88.7 Å². The predicted octanol–water partition coefficient (Wildman–Crippen LogP) is 4.97. The van der Waals surface area contributed by atoms with Crippen molar-refractivity contribution in [1.29, 1.82) is 0 Å². The molecule has 2 amide bonds. The number of carbonyl (C=O) groups is 2. The van der Waals surface area contributed by atoms with E-state index < -0.39 is 12.0 Å². The van der Waals surface area contributed by atoms with E-state index in [2.05, 4.69) is 29.8 Å². The minimum atomic E-state index is -0.618. The number of hydrogen-bond acceptors (Lipinski definition) is 5. The summed E-state index contributed by atoms with van der Waals surface area (Å²) in [7, 11) is 1.59. The molecule has 210 valence electrons. The maximum Gasteiger partial charge on any atom is 0.251 e. The van der Waals surface area contributed by atoms with E-state index in [-0.39, 0.29) is 23.7 Å². The summed E-state index contributed by atoms with van der Waals surface area (Å²) in [6.45, 7) is 6.18. The van der Waals surface area contributed by atoms with Crippen molar-refractivity contribution in [3.05, 3.63) is 83.2 Å². The first-order valence-electron chi connectivity index (χ1n) is 13.9. The van der Waals surface area contributed by atoms with Crippen LogP contribution in [0.4, 0.5) is 4.39 Å². The molecule has 3 aromatic carbocycles. The first kappa shape index (κ1) is 27.6. The van der Waals surface area contributed by atoms with Crippen LogP contribution in [-0.2, 0) is 4.79 Å². The number of benzene rings is 3. The third-order valence-electron chi connectivity index (χ3n) is 7.42. The Morgan fingerprint density at radius 3 is 2.58 bits per heavy atom. The average Bonchev–Trinajstić information content (AvgIpc) is 3.62. The summed E-state index contributed by atoms with van der Waals surface area (Å²) < 4.78 is 26.0. The lowest BCUT2D eigenvalue weighted by atomic mass is 9.88. The largest absolute Gasteiger partial charge is 0.492 e. The molecule has 0 bridgehead atoms. The fraction of sp³-hybridized carbons (Fsp3) is 0.375. The number of likely N-dealkylation sites (N-methyl/N-ethyl adjacent to an activating group) is 1. The van der Waals surface area contributed by atoms with Crippen LogP contribution < -0.4 is 25.4 Å². The fourth-order valence-corrected chi connectivity index (χ4v) is 5.27. The predicted molar refractivity (Wildman–Crippen MR) is 152 cm³/mol. The zero-order chi connectivity index (χ0) is 28.2. The lowest BCUT2D eigenvalue weighted by Gasteiger charge is -2.18. The van der Waals surface area contributed by atoms with Crippen molar-refractivity contribution in [1.82, 2.24) is 16.0 Å². The van der Waals surface area contributed by atoms with E-state index in [1.807, 2.05) is 30.3 Å². The second-order valence-corrected chi connectivity index (χ2v) is 10.9. The monoisotopic (exact) mass is 545 g/mol. The number of nitrogens with one attached hydrogen (secondary N) is 3. The number of ether oxygens (including phenoxy) is 2. The Bertz CT molecular complexity index is 1370. The van der Waals surface area contributed by atoms with Gasteiger partial charge < -0.3 is 25.4 Å². The molecule has 0 aromatic heterocycles. The van der Waals surface area contributed by atoms with Gasteiger partial charge in [0.1, 0.15) is 35.9 Å². The highest BCUT2D eigenvalue weighted by Crippen LogP contribution is 2.47. The van der Waals surface area contributed by atoms with Gasteiger partial charge in [-0.25, -0.2) is 4.39 Å². The van der Waals surface area contributed by atoms with Gasteiger partial charge >= 0.3 is 0 Å². The molecule has 7 nitrogen and oxygen atoms in total. The van der Waals surface area contributed by atoms with E-state index in [1.54, 1.807) is 25.2 Å². The zero-order valence-electron chi connectivity index (χ0n) is 23.1. The van der Waals surface area contributed by atoms with Crippen LogP contribution in [0.1, 0.15) is 60.2 Å². The van der Waals surface area contributed by atoms with Crippen LogP contribution in [0.25, 0.3) is 11.1 Å². The van der Waals surface area contributed by atoms with E-state index in [1.165, 1.54) is 12.1 Å². The molecule has 0 saturated carbocycles. The van der Waals surface area contributed by atoms with Crippen molar-refractivity contribution in [3.63, 3.8) is 0 Å². The number of hydrogen-bond donors (Lipinski definition) is 3. The maximum atomic E-state index is 13.6. The highest BCUT2D eigenvalue weighted by Gasteiger charge is 2.40. The van der Waals surface area contributed by atoms with Gasteiger partial charge in [0.25, 0.3) is 5.91 Å². The SMILES string of the molecule is CNC(=O)C1c2cc(-c3cc(OC[C@@H]4CCCN4)cc(C(=O)NCC(C)C)c3)ccc2OC1c1ccc(F)cc1. The third-order valence-corrected chi connectivity index (χ3v) is 7.42. The van der Waals surface area contributed by atoms with Crippen LogP contribution in [0.3, 0.4) is 0 Å². The van der Waals surface area contributed by atoms with Crippen molar-refractivity contribution < 1.29 is 23.5 Å². The van der Waals surface area contributed by atoms with Crippen LogP contribution >= 0.6 is 0 Å². The smallest absolute Gasteiger partial charge is 0.251 e. The standard InChI is InChI=1S/C32H36FN3O4/c1-19(2)17-36-31(37)23-13-22(14-26(15-23)39-18-25-5-4-12-35-25)21-8-11-28-27(16-21)29(32(38)34-3)30(40-28)20-6-9-24(33)10-7-20/h6-11,13-16,19,25,29-30,35H,4-5,12,17-18H2,1-3H3,(H,34,38)(H,36,37)/t25-,29?,30?/m0/s1. The first-order valence-corrected chi connectivity index (χ1v) is 13.9. The molecule has 40 heavy (non-hydrogen) atoms. The van der Waals surface area contributed by atoms with Crippen molar-refractivity contribution >= 4 is 11.8 Å². The summed E-state index contributed by atoms with van der Waals surface area (Å²) in [5.74, 6) is 0.211. The number of halogens is 1. The first-order chi connectivity index (χ1) is 19.3. The van der Waals surface area contributed by atoms with E-state index >= 15 is 0 Å². The Balaban J connectivity index is 1.49. The molecule has 8 heteroatoms. The molecular weight excluding hydrogens is 509 g/mol. The average molecular weight is 546 g/mol. The minimum absolute atomic E-state index is 0.163. The number of rotatable bonds is 9. The Morgan fingerprint density at radius 2 is 1.88 bits per heavy atom. The molecule has 1 fully saturated rings. The van der Waals surface area contributed by atoms with Crippen LogP contribution in [0.5, 0.6) is 11.5 Å². The molecule has 2 aliphatic rings. The fourth-order valence-electron chi connectivity index (χ4n) is 5.27.